The number of piperazine rings is 1. The molecule has 7 nitrogen and oxygen atoms in total. The van der Waals surface area contributed by atoms with E-state index in [-0.39, 0.29) is 5.91 Å². The largest absolute Gasteiger partial charge is 0.369 e. The van der Waals surface area contributed by atoms with Crippen molar-refractivity contribution in [3.05, 3.63) is 48.2 Å². The van der Waals surface area contributed by atoms with Crippen molar-refractivity contribution < 1.29 is 4.79 Å². The van der Waals surface area contributed by atoms with Crippen LogP contribution in [0.3, 0.4) is 0 Å². The second kappa shape index (κ2) is 7.88. The molecule has 3 heterocycles. The molecule has 0 spiro atoms. The number of nitrogens with zero attached hydrogens (tertiary/aromatic N) is 5. The molecule has 0 aliphatic carbocycles. The van der Waals surface area contributed by atoms with Crippen molar-refractivity contribution in [3.8, 4) is 0 Å². The van der Waals surface area contributed by atoms with Crippen molar-refractivity contribution >= 4 is 28.4 Å². The maximum atomic E-state index is 12.8. The van der Waals surface area contributed by atoms with Crippen LogP contribution in [0.1, 0.15) is 12.5 Å². The van der Waals surface area contributed by atoms with Gasteiger partial charge in [-0.05, 0) is 30.7 Å². The third-order valence-electron chi connectivity index (χ3n) is 5.29. The number of amides is 1. The van der Waals surface area contributed by atoms with Gasteiger partial charge >= 0.3 is 0 Å². The third kappa shape index (κ3) is 3.65. The fourth-order valence-corrected chi connectivity index (χ4v) is 3.80. The van der Waals surface area contributed by atoms with Crippen LogP contribution in [0.5, 0.6) is 0 Å². The highest BCUT2D eigenvalue weighted by atomic mass is 16.2. The molecule has 0 bridgehead atoms. The molecule has 146 valence electrons. The van der Waals surface area contributed by atoms with E-state index in [1.807, 2.05) is 43.1 Å². The SMILES string of the molecule is CCNc1ccc(N2CCN(C(=O)Cc3cn(C)c4ccccc34)CC2)nn1. The van der Waals surface area contributed by atoms with Crippen LogP contribution in [-0.2, 0) is 18.3 Å². The van der Waals surface area contributed by atoms with E-state index in [2.05, 4.69) is 43.3 Å². The summed E-state index contributed by atoms with van der Waals surface area (Å²) >= 11 is 0. The first-order chi connectivity index (χ1) is 13.7. The van der Waals surface area contributed by atoms with Crippen LogP contribution in [0.4, 0.5) is 11.6 Å². The molecule has 2 aromatic heterocycles. The summed E-state index contributed by atoms with van der Waals surface area (Å²) in [6.45, 7) is 5.82. The zero-order chi connectivity index (χ0) is 19.5. The van der Waals surface area contributed by atoms with Crippen molar-refractivity contribution in [2.75, 3.05) is 42.9 Å². The molecule has 4 rings (SSSR count). The quantitative estimate of drug-likeness (QED) is 0.738. The number of para-hydroxylation sites is 1. The molecular weight excluding hydrogens is 352 g/mol. The molecule has 1 saturated heterocycles. The van der Waals surface area contributed by atoms with E-state index in [9.17, 15) is 4.79 Å². The van der Waals surface area contributed by atoms with Gasteiger partial charge in [0.05, 0.1) is 6.42 Å². The Morgan fingerprint density at radius 1 is 1.07 bits per heavy atom. The second-order valence-corrected chi connectivity index (χ2v) is 7.13. The van der Waals surface area contributed by atoms with E-state index >= 15 is 0 Å². The zero-order valence-electron chi connectivity index (χ0n) is 16.4. The predicted octanol–water partition coefficient (Wildman–Crippen LogP) is 2.29. The maximum absolute atomic E-state index is 12.8. The van der Waals surface area contributed by atoms with Crippen LogP contribution in [-0.4, -0.2) is 58.3 Å². The number of nitrogens with one attached hydrogen (secondary N) is 1. The van der Waals surface area contributed by atoms with Gasteiger partial charge in [-0.25, -0.2) is 0 Å². The number of rotatable bonds is 5. The van der Waals surface area contributed by atoms with Crippen LogP contribution in [0, 0.1) is 0 Å². The van der Waals surface area contributed by atoms with Gasteiger partial charge in [0.25, 0.3) is 0 Å². The molecule has 0 atom stereocenters. The lowest BCUT2D eigenvalue weighted by molar-refractivity contribution is -0.130. The molecule has 1 N–H and O–H groups in total. The van der Waals surface area contributed by atoms with Gasteiger partial charge in [0.2, 0.25) is 5.91 Å². The smallest absolute Gasteiger partial charge is 0.227 e. The van der Waals surface area contributed by atoms with Gasteiger partial charge in [-0.1, -0.05) is 18.2 Å². The molecule has 3 aromatic rings. The van der Waals surface area contributed by atoms with E-state index in [0.29, 0.717) is 19.5 Å². The number of anilines is 2. The molecule has 7 heteroatoms. The summed E-state index contributed by atoms with van der Waals surface area (Å²) in [5.41, 5.74) is 2.25. The Hall–Kier alpha value is -3.09. The normalized spacial score (nSPS) is 14.5. The Labute approximate surface area is 165 Å². The number of carbonyl (C=O) groups excluding carboxylic acids is 1. The third-order valence-corrected chi connectivity index (χ3v) is 5.29. The Kier molecular flexibility index (Phi) is 5.14. The predicted molar refractivity (Wildman–Crippen MR) is 112 cm³/mol. The van der Waals surface area contributed by atoms with Gasteiger partial charge < -0.3 is 19.7 Å². The van der Waals surface area contributed by atoms with Gasteiger partial charge in [0.15, 0.2) is 5.82 Å². The summed E-state index contributed by atoms with van der Waals surface area (Å²) in [6, 6.07) is 12.2. The minimum absolute atomic E-state index is 0.185. The van der Waals surface area contributed by atoms with Crippen molar-refractivity contribution in [1.82, 2.24) is 19.7 Å². The molecule has 1 aliphatic heterocycles. The first-order valence-electron chi connectivity index (χ1n) is 9.79. The molecule has 0 radical (unpaired) electrons. The number of carbonyl (C=O) groups is 1. The topological polar surface area (TPSA) is 66.3 Å². The molecule has 28 heavy (non-hydrogen) atoms. The van der Waals surface area contributed by atoms with Gasteiger partial charge in [0.1, 0.15) is 5.82 Å². The monoisotopic (exact) mass is 378 g/mol. The molecule has 0 unspecified atom stereocenters. The standard InChI is InChI=1S/C21H26N6O/c1-3-22-19-8-9-20(24-23-19)26-10-12-27(13-11-26)21(28)14-16-15-25(2)18-7-5-4-6-17(16)18/h4-9,15H,3,10-14H2,1-2H3,(H,22,23). The van der Waals surface area contributed by atoms with Crippen molar-refractivity contribution in [1.29, 1.82) is 0 Å². The van der Waals surface area contributed by atoms with Gasteiger partial charge in [-0.15, -0.1) is 10.2 Å². The Bertz CT molecular complexity index is 957. The summed E-state index contributed by atoms with van der Waals surface area (Å²) in [6.07, 6.45) is 2.51. The maximum Gasteiger partial charge on any atom is 0.227 e. The van der Waals surface area contributed by atoms with E-state index in [1.165, 1.54) is 0 Å². The van der Waals surface area contributed by atoms with Crippen molar-refractivity contribution in [3.63, 3.8) is 0 Å². The first-order valence-corrected chi connectivity index (χ1v) is 9.79. The van der Waals surface area contributed by atoms with Crippen LogP contribution < -0.4 is 10.2 Å². The minimum atomic E-state index is 0.185. The number of hydrogen-bond donors (Lipinski definition) is 1. The highest BCUT2D eigenvalue weighted by molar-refractivity contribution is 5.89. The van der Waals surface area contributed by atoms with Crippen molar-refractivity contribution in [2.45, 2.75) is 13.3 Å². The summed E-state index contributed by atoms with van der Waals surface area (Å²) in [5.74, 6) is 1.84. The van der Waals surface area contributed by atoms with E-state index in [1.54, 1.807) is 0 Å². The van der Waals surface area contributed by atoms with E-state index in [0.717, 1.165) is 47.7 Å². The molecule has 1 fully saturated rings. The van der Waals surface area contributed by atoms with Gasteiger partial charge in [-0.3, -0.25) is 4.79 Å². The average molecular weight is 378 g/mol. The van der Waals surface area contributed by atoms with Crippen LogP contribution in [0.15, 0.2) is 42.6 Å². The lowest BCUT2D eigenvalue weighted by Crippen LogP contribution is -2.49. The fraction of sp³-hybridized carbons (Fsp3) is 0.381. The number of fused-ring (bicyclic) bond motifs is 1. The average Bonchev–Trinajstić information content (AvgIpc) is 3.05. The van der Waals surface area contributed by atoms with Crippen LogP contribution in [0.25, 0.3) is 10.9 Å². The number of aryl methyl sites for hydroxylation is 1. The van der Waals surface area contributed by atoms with E-state index in [4.69, 9.17) is 0 Å². The number of hydrogen-bond acceptors (Lipinski definition) is 5. The summed E-state index contributed by atoms with van der Waals surface area (Å²) in [5, 5.41) is 12.8. The molecule has 1 aliphatic rings. The summed E-state index contributed by atoms with van der Waals surface area (Å²) < 4.78 is 2.09. The highest BCUT2D eigenvalue weighted by Gasteiger charge is 2.23. The van der Waals surface area contributed by atoms with Crippen molar-refractivity contribution in [2.24, 2.45) is 7.05 Å². The number of benzene rings is 1. The van der Waals surface area contributed by atoms with E-state index < -0.39 is 0 Å². The van der Waals surface area contributed by atoms with Crippen LogP contribution >= 0.6 is 0 Å². The molecular formula is C21H26N6O. The highest BCUT2D eigenvalue weighted by Crippen LogP contribution is 2.22. The van der Waals surface area contributed by atoms with Gasteiger partial charge in [0, 0.05) is 56.9 Å². The molecule has 1 amide bonds. The summed E-state index contributed by atoms with van der Waals surface area (Å²) in [4.78, 5) is 17.0. The van der Waals surface area contributed by atoms with Gasteiger partial charge in [-0.2, -0.15) is 0 Å². The second-order valence-electron chi connectivity index (χ2n) is 7.13. The lowest BCUT2D eigenvalue weighted by atomic mass is 10.1. The Morgan fingerprint density at radius 2 is 1.86 bits per heavy atom. The number of aromatic nitrogens is 3. The summed E-state index contributed by atoms with van der Waals surface area (Å²) in [7, 11) is 2.03. The molecule has 1 aromatic carbocycles. The first kappa shape index (κ1) is 18.3. The fourth-order valence-electron chi connectivity index (χ4n) is 3.80. The van der Waals surface area contributed by atoms with Crippen LogP contribution in [0.2, 0.25) is 0 Å². The Balaban J connectivity index is 1.37. The zero-order valence-corrected chi connectivity index (χ0v) is 16.4. The molecule has 0 saturated carbocycles. The Morgan fingerprint density at radius 3 is 2.57 bits per heavy atom. The minimum Gasteiger partial charge on any atom is -0.369 e. The lowest BCUT2D eigenvalue weighted by Gasteiger charge is -2.35.